The maximum absolute atomic E-state index is 3.46. The van der Waals surface area contributed by atoms with Crippen molar-refractivity contribution in [2.24, 2.45) is 0 Å². The van der Waals surface area contributed by atoms with E-state index in [-0.39, 0.29) is 0 Å². The van der Waals surface area contributed by atoms with Crippen molar-refractivity contribution >= 4 is 5.69 Å². The lowest BCUT2D eigenvalue weighted by Gasteiger charge is -2.26. The predicted octanol–water partition coefficient (Wildman–Crippen LogP) is 2.11. The van der Waals surface area contributed by atoms with Gasteiger partial charge in [0.25, 0.3) is 0 Å². The van der Waals surface area contributed by atoms with Gasteiger partial charge in [0.2, 0.25) is 0 Å². The van der Waals surface area contributed by atoms with Gasteiger partial charge in [0.05, 0.1) is 0 Å². The summed E-state index contributed by atoms with van der Waals surface area (Å²) >= 11 is 0. The van der Waals surface area contributed by atoms with Gasteiger partial charge >= 0.3 is 0 Å². The van der Waals surface area contributed by atoms with Crippen molar-refractivity contribution in [2.75, 3.05) is 25.5 Å². The van der Waals surface area contributed by atoms with Crippen LogP contribution in [0.15, 0.2) is 18.2 Å². The van der Waals surface area contributed by atoms with Crippen LogP contribution in [0.1, 0.15) is 23.5 Å². The molecule has 1 unspecified atom stereocenters. The zero-order valence-corrected chi connectivity index (χ0v) is 8.93. The first kappa shape index (κ1) is 9.53. The fourth-order valence-corrected chi connectivity index (χ4v) is 2.17. The Hall–Kier alpha value is -1.02. The summed E-state index contributed by atoms with van der Waals surface area (Å²) in [6.07, 6.45) is 1.23. The van der Waals surface area contributed by atoms with E-state index < -0.39 is 0 Å². The lowest BCUT2D eigenvalue weighted by atomic mass is 9.90. The Labute approximate surface area is 85.7 Å². The van der Waals surface area contributed by atoms with Crippen molar-refractivity contribution in [1.82, 2.24) is 5.32 Å². The van der Waals surface area contributed by atoms with Crippen LogP contribution >= 0.6 is 0 Å². The number of rotatable bonds is 2. The van der Waals surface area contributed by atoms with Gasteiger partial charge in [-0.1, -0.05) is 12.1 Å². The van der Waals surface area contributed by atoms with E-state index in [1.54, 1.807) is 0 Å². The third-order valence-corrected chi connectivity index (χ3v) is 2.91. The average Bonchev–Trinajstić information content (AvgIpc) is 2.18. The van der Waals surface area contributed by atoms with Gasteiger partial charge < -0.3 is 10.6 Å². The van der Waals surface area contributed by atoms with Crippen LogP contribution in [0.3, 0.4) is 0 Å². The highest BCUT2D eigenvalue weighted by atomic mass is 14.9. The summed E-state index contributed by atoms with van der Waals surface area (Å²) in [6.45, 7) is 4.32. The summed E-state index contributed by atoms with van der Waals surface area (Å²) in [5.41, 5.74) is 4.13. The van der Waals surface area contributed by atoms with Crippen molar-refractivity contribution < 1.29 is 0 Å². The first-order chi connectivity index (χ1) is 6.81. The summed E-state index contributed by atoms with van der Waals surface area (Å²) in [7, 11) is 2.02. The molecule has 0 saturated carbocycles. The van der Waals surface area contributed by atoms with Gasteiger partial charge in [-0.15, -0.1) is 0 Å². The first-order valence-corrected chi connectivity index (χ1v) is 5.30. The Morgan fingerprint density at radius 1 is 1.50 bits per heavy atom. The highest BCUT2D eigenvalue weighted by Gasteiger charge is 2.18. The van der Waals surface area contributed by atoms with Crippen LogP contribution in [-0.4, -0.2) is 20.1 Å². The Kier molecular flexibility index (Phi) is 2.73. The standard InChI is InChI=1S/C12H18N2/c1-9-3-4-11-10(8-13-2)5-6-14-12(11)7-9/h3-4,7,10,13-14H,5-6,8H2,1-2H3. The van der Waals surface area contributed by atoms with E-state index in [1.807, 2.05) is 7.05 Å². The maximum atomic E-state index is 3.46. The van der Waals surface area contributed by atoms with Gasteiger partial charge in [0.15, 0.2) is 0 Å². The van der Waals surface area contributed by atoms with Gasteiger partial charge in [0.1, 0.15) is 0 Å². The molecule has 0 saturated heterocycles. The number of anilines is 1. The summed E-state index contributed by atoms with van der Waals surface area (Å²) < 4.78 is 0. The molecule has 1 aliphatic rings. The molecule has 0 amide bonds. The number of likely N-dealkylation sites (N-methyl/N-ethyl adjacent to an activating group) is 1. The molecule has 1 atom stereocenters. The van der Waals surface area contributed by atoms with E-state index in [0.29, 0.717) is 5.92 Å². The van der Waals surface area contributed by atoms with E-state index in [2.05, 4.69) is 35.8 Å². The number of benzene rings is 1. The van der Waals surface area contributed by atoms with Crippen LogP contribution < -0.4 is 10.6 Å². The molecule has 1 aliphatic heterocycles. The molecule has 2 N–H and O–H groups in total. The summed E-state index contributed by atoms with van der Waals surface area (Å²) in [6, 6.07) is 6.71. The largest absolute Gasteiger partial charge is 0.385 e. The molecule has 76 valence electrons. The number of aryl methyl sites for hydroxylation is 1. The zero-order valence-electron chi connectivity index (χ0n) is 8.93. The molecule has 0 aromatic heterocycles. The number of nitrogens with one attached hydrogen (secondary N) is 2. The highest BCUT2D eigenvalue weighted by Crippen LogP contribution is 2.31. The van der Waals surface area contributed by atoms with Gasteiger partial charge in [-0.25, -0.2) is 0 Å². The number of fused-ring (bicyclic) bond motifs is 1. The van der Waals surface area contributed by atoms with Crippen LogP contribution in [-0.2, 0) is 0 Å². The normalized spacial score (nSPS) is 20.0. The molecule has 14 heavy (non-hydrogen) atoms. The van der Waals surface area contributed by atoms with E-state index in [9.17, 15) is 0 Å². The molecule has 0 radical (unpaired) electrons. The Balaban J connectivity index is 2.30. The van der Waals surface area contributed by atoms with Gasteiger partial charge in [-0.05, 0) is 37.6 Å². The monoisotopic (exact) mass is 190 g/mol. The van der Waals surface area contributed by atoms with Crippen LogP contribution in [0.25, 0.3) is 0 Å². The van der Waals surface area contributed by atoms with Crippen molar-refractivity contribution in [3.8, 4) is 0 Å². The molecule has 2 heteroatoms. The fraction of sp³-hybridized carbons (Fsp3) is 0.500. The molecule has 1 heterocycles. The first-order valence-electron chi connectivity index (χ1n) is 5.30. The number of hydrogen-bond acceptors (Lipinski definition) is 2. The Morgan fingerprint density at radius 2 is 2.36 bits per heavy atom. The number of hydrogen-bond donors (Lipinski definition) is 2. The molecule has 0 aliphatic carbocycles. The third-order valence-electron chi connectivity index (χ3n) is 2.91. The van der Waals surface area contributed by atoms with E-state index in [0.717, 1.165) is 13.1 Å². The van der Waals surface area contributed by atoms with Gasteiger partial charge in [0, 0.05) is 24.7 Å². The molecule has 0 fully saturated rings. The zero-order chi connectivity index (χ0) is 9.97. The molecule has 0 bridgehead atoms. The van der Waals surface area contributed by atoms with Crippen molar-refractivity contribution in [1.29, 1.82) is 0 Å². The summed E-state index contributed by atoms with van der Waals surface area (Å²) in [5, 5.41) is 6.73. The van der Waals surface area contributed by atoms with Crippen LogP contribution in [0, 0.1) is 6.92 Å². The lowest BCUT2D eigenvalue weighted by Crippen LogP contribution is -2.24. The lowest BCUT2D eigenvalue weighted by molar-refractivity contribution is 0.586. The van der Waals surface area contributed by atoms with E-state index in [4.69, 9.17) is 0 Å². The third kappa shape index (κ3) is 1.75. The SMILES string of the molecule is CNCC1CCNc2cc(C)ccc21. The van der Waals surface area contributed by atoms with Crippen molar-refractivity contribution in [2.45, 2.75) is 19.3 Å². The minimum Gasteiger partial charge on any atom is -0.385 e. The maximum Gasteiger partial charge on any atom is 0.0378 e. The molecule has 2 nitrogen and oxygen atoms in total. The quantitative estimate of drug-likeness (QED) is 0.746. The van der Waals surface area contributed by atoms with Crippen molar-refractivity contribution in [3.63, 3.8) is 0 Å². The topological polar surface area (TPSA) is 24.1 Å². The second-order valence-corrected chi connectivity index (χ2v) is 4.06. The molecule has 1 aromatic carbocycles. The second kappa shape index (κ2) is 4.01. The molecule has 2 rings (SSSR count). The predicted molar refractivity (Wildman–Crippen MR) is 61.0 cm³/mol. The molecule has 1 aromatic rings. The molecular weight excluding hydrogens is 172 g/mol. The van der Waals surface area contributed by atoms with Crippen LogP contribution in [0.4, 0.5) is 5.69 Å². The minimum absolute atomic E-state index is 0.678. The Bertz CT molecular complexity index is 320. The molecule has 0 spiro atoms. The highest BCUT2D eigenvalue weighted by molar-refractivity contribution is 5.56. The fourth-order valence-electron chi connectivity index (χ4n) is 2.17. The van der Waals surface area contributed by atoms with E-state index in [1.165, 1.54) is 23.2 Å². The Morgan fingerprint density at radius 3 is 3.14 bits per heavy atom. The minimum atomic E-state index is 0.678. The van der Waals surface area contributed by atoms with Crippen LogP contribution in [0.2, 0.25) is 0 Å². The summed E-state index contributed by atoms with van der Waals surface area (Å²) in [5.74, 6) is 0.678. The summed E-state index contributed by atoms with van der Waals surface area (Å²) in [4.78, 5) is 0. The van der Waals surface area contributed by atoms with E-state index >= 15 is 0 Å². The van der Waals surface area contributed by atoms with Crippen molar-refractivity contribution in [3.05, 3.63) is 29.3 Å². The second-order valence-electron chi connectivity index (χ2n) is 4.06. The van der Waals surface area contributed by atoms with Gasteiger partial charge in [-0.2, -0.15) is 0 Å². The average molecular weight is 190 g/mol. The van der Waals surface area contributed by atoms with Gasteiger partial charge in [-0.3, -0.25) is 0 Å². The smallest absolute Gasteiger partial charge is 0.0378 e. The molecular formula is C12H18N2. The van der Waals surface area contributed by atoms with Crippen LogP contribution in [0.5, 0.6) is 0 Å².